The minimum absolute atomic E-state index is 0.00367. The summed E-state index contributed by atoms with van der Waals surface area (Å²) >= 11 is 5.52. The molecule has 19 heavy (non-hydrogen) atoms. The Morgan fingerprint density at radius 1 is 0.947 bits per heavy atom. The average Bonchev–Trinajstić information content (AvgIpc) is 2.49. The molecule has 0 aliphatic carbocycles. The van der Waals surface area contributed by atoms with E-state index in [2.05, 4.69) is 29.6 Å². The molecular formula is C16H16ClNO. The fourth-order valence-corrected chi connectivity index (χ4v) is 2.16. The largest absolute Gasteiger partial charge is 0.354 e. The van der Waals surface area contributed by atoms with Crippen molar-refractivity contribution >= 4 is 17.5 Å². The predicted molar refractivity (Wildman–Crippen MR) is 78.5 cm³/mol. The van der Waals surface area contributed by atoms with Crippen LogP contribution in [0.25, 0.3) is 0 Å². The second kappa shape index (κ2) is 6.95. The van der Waals surface area contributed by atoms with Crippen LogP contribution in [0.1, 0.15) is 17.0 Å². The van der Waals surface area contributed by atoms with Gasteiger partial charge in [0.1, 0.15) is 5.88 Å². The zero-order chi connectivity index (χ0) is 13.5. The highest BCUT2D eigenvalue weighted by atomic mass is 35.5. The maximum Gasteiger partial charge on any atom is 0.234 e. The van der Waals surface area contributed by atoms with Crippen molar-refractivity contribution in [3.05, 3.63) is 71.8 Å². The fraction of sp³-hybridized carbons (Fsp3) is 0.188. The lowest BCUT2D eigenvalue weighted by Crippen LogP contribution is -2.29. The molecule has 0 saturated carbocycles. The normalized spacial score (nSPS) is 10.4. The second-order valence-electron chi connectivity index (χ2n) is 4.31. The third-order valence-corrected chi connectivity index (χ3v) is 3.27. The Labute approximate surface area is 118 Å². The monoisotopic (exact) mass is 273 g/mol. The van der Waals surface area contributed by atoms with Gasteiger partial charge in [0.15, 0.2) is 0 Å². The van der Waals surface area contributed by atoms with Gasteiger partial charge in [-0.1, -0.05) is 60.7 Å². The van der Waals surface area contributed by atoms with E-state index in [0.717, 1.165) is 0 Å². The van der Waals surface area contributed by atoms with Gasteiger partial charge in [-0.25, -0.2) is 0 Å². The van der Waals surface area contributed by atoms with Crippen LogP contribution < -0.4 is 5.32 Å². The van der Waals surface area contributed by atoms with E-state index in [1.54, 1.807) is 0 Å². The molecule has 2 aromatic rings. The minimum atomic E-state index is -0.140. The zero-order valence-electron chi connectivity index (χ0n) is 10.6. The van der Waals surface area contributed by atoms with Crippen LogP contribution in [0.15, 0.2) is 60.7 Å². The maximum absolute atomic E-state index is 11.3. The van der Waals surface area contributed by atoms with Crippen molar-refractivity contribution in [1.29, 1.82) is 0 Å². The van der Waals surface area contributed by atoms with Gasteiger partial charge in [-0.2, -0.15) is 0 Å². The summed E-state index contributed by atoms with van der Waals surface area (Å²) in [7, 11) is 0. The van der Waals surface area contributed by atoms with Crippen LogP contribution in [0.4, 0.5) is 0 Å². The van der Waals surface area contributed by atoms with Crippen LogP contribution in [0.2, 0.25) is 0 Å². The first-order chi connectivity index (χ1) is 9.31. The number of alkyl halides is 1. The first-order valence-electron chi connectivity index (χ1n) is 6.24. The number of halogens is 1. The number of nitrogens with one attached hydrogen (secondary N) is 1. The predicted octanol–water partition coefficient (Wildman–Crippen LogP) is 3.17. The standard InChI is InChI=1S/C16H16ClNO/c17-11-16(19)18-12-15(13-7-3-1-4-8-13)14-9-5-2-6-10-14/h1-10,15H,11-12H2,(H,18,19). The van der Waals surface area contributed by atoms with Crippen LogP contribution in [0, 0.1) is 0 Å². The lowest BCUT2D eigenvalue weighted by molar-refractivity contribution is -0.118. The molecule has 2 rings (SSSR count). The van der Waals surface area contributed by atoms with Gasteiger partial charge in [0.2, 0.25) is 5.91 Å². The van der Waals surface area contributed by atoms with Gasteiger partial charge < -0.3 is 5.32 Å². The molecule has 0 spiro atoms. The van der Waals surface area contributed by atoms with E-state index in [0.29, 0.717) is 6.54 Å². The summed E-state index contributed by atoms with van der Waals surface area (Å²) in [4.78, 5) is 11.3. The molecule has 1 N–H and O–H groups in total. The maximum atomic E-state index is 11.3. The number of hydrogen-bond acceptors (Lipinski definition) is 1. The molecule has 0 bridgehead atoms. The van der Waals surface area contributed by atoms with E-state index in [1.807, 2.05) is 36.4 Å². The molecule has 0 fully saturated rings. The molecule has 0 aromatic heterocycles. The van der Waals surface area contributed by atoms with Crippen molar-refractivity contribution in [3.8, 4) is 0 Å². The number of hydrogen-bond donors (Lipinski definition) is 1. The van der Waals surface area contributed by atoms with Crippen molar-refractivity contribution in [2.45, 2.75) is 5.92 Å². The minimum Gasteiger partial charge on any atom is -0.354 e. The van der Waals surface area contributed by atoms with Crippen molar-refractivity contribution in [1.82, 2.24) is 5.32 Å². The Morgan fingerprint density at radius 2 is 1.42 bits per heavy atom. The summed E-state index contributed by atoms with van der Waals surface area (Å²) in [6.45, 7) is 0.555. The lowest BCUT2D eigenvalue weighted by Gasteiger charge is -2.18. The average molecular weight is 274 g/mol. The Balaban J connectivity index is 2.21. The van der Waals surface area contributed by atoms with Crippen LogP contribution >= 0.6 is 11.6 Å². The van der Waals surface area contributed by atoms with Crippen LogP contribution in [0.5, 0.6) is 0 Å². The summed E-state index contributed by atoms with van der Waals surface area (Å²) < 4.78 is 0. The van der Waals surface area contributed by atoms with Gasteiger partial charge >= 0.3 is 0 Å². The van der Waals surface area contributed by atoms with Gasteiger partial charge in [-0.05, 0) is 11.1 Å². The van der Waals surface area contributed by atoms with E-state index in [4.69, 9.17) is 11.6 Å². The second-order valence-corrected chi connectivity index (χ2v) is 4.58. The zero-order valence-corrected chi connectivity index (χ0v) is 11.3. The van der Waals surface area contributed by atoms with Gasteiger partial charge in [-0.3, -0.25) is 4.79 Å². The highest BCUT2D eigenvalue weighted by Gasteiger charge is 2.14. The molecule has 3 heteroatoms. The summed E-state index contributed by atoms with van der Waals surface area (Å²) in [5.41, 5.74) is 2.37. The molecule has 0 radical (unpaired) electrons. The van der Waals surface area contributed by atoms with Crippen LogP contribution in [-0.4, -0.2) is 18.3 Å². The van der Waals surface area contributed by atoms with Crippen molar-refractivity contribution in [3.63, 3.8) is 0 Å². The molecule has 98 valence electrons. The first-order valence-corrected chi connectivity index (χ1v) is 6.77. The molecule has 0 unspecified atom stereocenters. The molecule has 0 atom stereocenters. The number of carbonyl (C=O) groups excluding carboxylic acids is 1. The molecule has 1 amide bonds. The third-order valence-electron chi connectivity index (χ3n) is 3.03. The summed E-state index contributed by atoms with van der Waals surface area (Å²) in [5.74, 6) is 0.00382. The van der Waals surface area contributed by atoms with Gasteiger partial charge in [0, 0.05) is 12.5 Å². The first kappa shape index (κ1) is 13.6. The Morgan fingerprint density at radius 3 is 1.84 bits per heavy atom. The van der Waals surface area contributed by atoms with Gasteiger partial charge in [0.25, 0.3) is 0 Å². The summed E-state index contributed by atoms with van der Waals surface area (Å²) in [5, 5.41) is 2.86. The number of benzene rings is 2. The Hall–Kier alpha value is -1.80. The molecule has 0 heterocycles. The van der Waals surface area contributed by atoms with E-state index >= 15 is 0 Å². The van der Waals surface area contributed by atoms with E-state index in [1.165, 1.54) is 11.1 Å². The molecule has 0 aliphatic heterocycles. The quantitative estimate of drug-likeness (QED) is 0.833. The van der Waals surface area contributed by atoms with Crippen molar-refractivity contribution < 1.29 is 4.79 Å². The molecular weight excluding hydrogens is 258 g/mol. The Bertz CT molecular complexity index is 473. The van der Waals surface area contributed by atoms with E-state index in [-0.39, 0.29) is 17.7 Å². The molecule has 2 nitrogen and oxygen atoms in total. The smallest absolute Gasteiger partial charge is 0.234 e. The third kappa shape index (κ3) is 3.83. The highest BCUT2D eigenvalue weighted by molar-refractivity contribution is 6.27. The van der Waals surface area contributed by atoms with Gasteiger partial charge in [0.05, 0.1) is 0 Å². The lowest BCUT2D eigenvalue weighted by atomic mass is 9.91. The van der Waals surface area contributed by atoms with E-state index in [9.17, 15) is 4.79 Å². The van der Waals surface area contributed by atoms with Crippen molar-refractivity contribution in [2.75, 3.05) is 12.4 Å². The SMILES string of the molecule is O=C(CCl)NCC(c1ccccc1)c1ccccc1. The van der Waals surface area contributed by atoms with Crippen LogP contribution in [0.3, 0.4) is 0 Å². The summed E-state index contributed by atoms with van der Waals surface area (Å²) in [6, 6.07) is 20.3. The molecule has 0 saturated heterocycles. The number of carbonyl (C=O) groups is 1. The summed E-state index contributed by atoms with van der Waals surface area (Å²) in [6.07, 6.45) is 0. The Kier molecular flexibility index (Phi) is 4.99. The van der Waals surface area contributed by atoms with Crippen LogP contribution in [-0.2, 0) is 4.79 Å². The van der Waals surface area contributed by atoms with Crippen molar-refractivity contribution in [2.24, 2.45) is 0 Å². The molecule has 2 aromatic carbocycles. The highest BCUT2D eigenvalue weighted by Crippen LogP contribution is 2.23. The van der Waals surface area contributed by atoms with Gasteiger partial charge in [-0.15, -0.1) is 11.6 Å². The number of rotatable bonds is 5. The fourth-order valence-electron chi connectivity index (χ4n) is 2.06. The van der Waals surface area contributed by atoms with E-state index < -0.39 is 0 Å². The molecule has 0 aliphatic rings. The topological polar surface area (TPSA) is 29.1 Å². The number of amides is 1.